The second-order valence-electron chi connectivity index (χ2n) is 9.34. The number of nitriles is 1. The fraction of sp³-hybridized carbons (Fsp3) is 0.538. The summed E-state index contributed by atoms with van der Waals surface area (Å²) >= 11 is 1.50. The van der Waals surface area contributed by atoms with Gasteiger partial charge in [0.2, 0.25) is 15.9 Å². The summed E-state index contributed by atoms with van der Waals surface area (Å²) in [6.07, 6.45) is 4.94. The van der Waals surface area contributed by atoms with Crippen LogP contribution in [0.5, 0.6) is 5.88 Å². The van der Waals surface area contributed by atoms with E-state index in [1.165, 1.54) is 11.8 Å². The van der Waals surface area contributed by atoms with E-state index < -0.39 is 15.6 Å². The maximum atomic E-state index is 13.3. The predicted octanol–water partition coefficient (Wildman–Crippen LogP) is 5.14. The summed E-state index contributed by atoms with van der Waals surface area (Å²) in [4.78, 5) is 13.3. The predicted molar refractivity (Wildman–Crippen MR) is 148 cm³/mol. The van der Waals surface area contributed by atoms with Crippen molar-refractivity contribution in [2.45, 2.75) is 76.2 Å². The molecule has 2 heterocycles. The number of aryl methyl sites for hydroxylation is 1. The van der Waals surface area contributed by atoms with Crippen LogP contribution in [0.3, 0.4) is 0 Å². The highest BCUT2D eigenvalue weighted by molar-refractivity contribution is 7.98. The van der Waals surface area contributed by atoms with E-state index in [0.717, 1.165) is 23.8 Å². The van der Waals surface area contributed by atoms with Gasteiger partial charge in [-0.25, -0.2) is 13.1 Å². The molecule has 0 saturated carbocycles. The first kappa shape index (κ1) is 29.8. The Morgan fingerprint density at radius 1 is 1.34 bits per heavy atom. The van der Waals surface area contributed by atoms with Gasteiger partial charge >= 0.3 is 0 Å². The number of hydrogen-bond acceptors (Lipinski definition) is 9. The molecule has 0 spiro atoms. The Kier molecular flexibility index (Phi) is 10.1. The van der Waals surface area contributed by atoms with Gasteiger partial charge in [0.25, 0.3) is 5.56 Å². The molecule has 1 aromatic carbocycles. The average Bonchev–Trinajstić information content (AvgIpc) is 3.40. The number of pyridine rings is 1. The monoisotopic (exact) mass is 561 g/mol. The zero-order valence-corrected chi connectivity index (χ0v) is 24.1. The molecule has 3 rings (SSSR count). The Morgan fingerprint density at radius 3 is 2.68 bits per heavy atom. The Bertz CT molecular complexity index is 1410. The number of azo groups is 1. The van der Waals surface area contributed by atoms with Crippen molar-refractivity contribution in [2.75, 3.05) is 19.4 Å². The van der Waals surface area contributed by atoms with Crippen LogP contribution in [-0.2, 0) is 21.3 Å². The van der Waals surface area contributed by atoms with Crippen LogP contribution < -0.4 is 10.3 Å². The fourth-order valence-electron chi connectivity index (χ4n) is 4.40. The summed E-state index contributed by atoms with van der Waals surface area (Å²) in [7, 11) is -3.82. The zero-order chi connectivity index (χ0) is 28.0. The Morgan fingerprint density at radius 2 is 2.08 bits per heavy atom. The summed E-state index contributed by atoms with van der Waals surface area (Å²) in [5.41, 5.74) is 1.08. The second-order valence-corrected chi connectivity index (χ2v) is 12.2. The van der Waals surface area contributed by atoms with E-state index in [1.807, 2.05) is 26.2 Å². The third-order valence-corrected chi connectivity index (χ3v) is 9.25. The molecule has 0 aliphatic carbocycles. The van der Waals surface area contributed by atoms with Crippen molar-refractivity contribution in [2.24, 2.45) is 10.2 Å². The summed E-state index contributed by atoms with van der Waals surface area (Å²) in [5.74, 6) is -0.376. The number of aromatic hydroxyl groups is 1. The summed E-state index contributed by atoms with van der Waals surface area (Å²) in [6, 6.07) is 5.22. The highest BCUT2D eigenvalue weighted by atomic mass is 32.2. The van der Waals surface area contributed by atoms with E-state index in [2.05, 4.69) is 15.0 Å². The number of nitrogens with one attached hydrogen (secondary N) is 1. The first-order valence-electron chi connectivity index (χ1n) is 12.6. The van der Waals surface area contributed by atoms with Crippen LogP contribution >= 0.6 is 11.8 Å². The minimum absolute atomic E-state index is 0.0266. The van der Waals surface area contributed by atoms with Gasteiger partial charge in [0, 0.05) is 30.5 Å². The SMILES string of the molecule is CCCCn1c(O)c(C#N)c(C)c(N=Nc2cc(C)c(S(=O)(=O)NCC3CCCO3)c(C(C)SC)c2)c1=O. The molecule has 2 atom stereocenters. The minimum atomic E-state index is -3.82. The first-order valence-corrected chi connectivity index (χ1v) is 15.4. The molecule has 1 saturated heterocycles. The van der Waals surface area contributed by atoms with E-state index >= 15 is 0 Å². The van der Waals surface area contributed by atoms with Gasteiger partial charge in [0.05, 0.1) is 16.7 Å². The summed E-state index contributed by atoms with van der Waals surface area (Å²) in [6.45, 7) is 8.21. The van der Waals surface area contributed by atoms with Gasteiger partial charge in [-0.3, -0.25) is 9.36 Å². The van der Waals surface area contributed by atoms with E-state index in [9.17, 15) is 23.6 Å². The van der Waals surface area contributed by atoms with Crippen molar-refractivity contribution < 1.29 is 18.3 Å². The van der Waals surface area contributed by atoms with Crippen molar-refractivity contribution >= 4 is 33.2 Å². The van der Waals surface area contributed by atoms with E-state index in [1.54, 1.807) is 26.0 Å². The lowest BCUT2D eigenvalue weighted by Crippen LogP contribution is -2.32. The largest absolute Gasteiger partial charge is 0.493 e. The van der Waals surface area contributed by atoms with Crippen molar-refractivity contribution in [3.05, 3.63) is 44.7 Å². The smallest absolute Gasteiger partial charge is 0.281 e. The third kappa shape index (κ3) is 6.46. The summed E-state index contributed by atoms with van der Waals surface area (Å²) < 4.78 is 36.1. The molecule has 0 amide bonds. The molecule has 2 N–H and O–H groups in total. The molecule has 0 bridgehead atoms. The first-order chi connectivity index (χ1) is 18.0. The zero-order valence-electron chi connectivity index (χ0n) is 22.4. The molecule has 2 unspecified atom stereocenters. The lowest BCUT2D eigenvalue weighted by atomic mass is 10.1. The lowest BCUT2D eigenvalue weighted by Gasteiger charge is -2.19. The molecule has 0 radical (unpaired) electrons. The van der Waals surface area contributed by atoms with Crippen LogP contribution in [0.15, 0.2) is 32.1 Å². The molecule has 38 heavy (non-hydrogen) atoms. The number of aromatic nitrogens is 1. The van der Waals surface area contributed by atoms with Crippen LogP contribution in [0.2, 0.25) is 0 Å². The van der Waals surface area contributed by atoms with Crippen molar-refractivity contribution in [1.82, 2.24) is 9.29 Å². The number of nitrogens with zero attached hydrogens (tertiary/aromatic N) is 4. The molecule has 206 valence electrons. The normalized spacial score (nSPS) is 16.7. The molecule has 12 heteroatoms. The quantitative estimate of drug-likeness (QED) is 0.361. The van der Waals surface area contributed by atoms with Gasteiger partial charge < -0.3 is 9.84 Å². The minimum Gasteiger partial charge on any atom is -0.493 e. The van der Waals surface area contributed by atoms with E-state index in [4.69, 9.17) is 4.74 Å². The number of benzene rings is 1. The molecule has 1 fully saturated rings. The van der Waals surface area contributed by atoms with Gasteiger partial charge in [0.1, 0.15) is 11.6 Å². The van der Waals surface area contributed by atoms with Gasteiger partial charge in [-0.1, -0.05) is 13.3 Å². The fourth-order valence-corrected chi connectivity index (χ4v) is 6.50. The lowest BCUT2D eigenvalue weighted by molar-refractivity contribution is 0.114. The van der Waals surface area contributed by atoms with Crippen LogP contribution in [-0.4, -0.2) is 43.6 Å². The maximum Gasteiger partial charge on any atom is 0.281 e. The third-order valence-electron chi connectivity index (χ3n) is 6.64. The van der Waals surface area contributed by atoms with Gasteiger partial charge in [-0.15, -0.1) is 5.11 Å². The molecular formula is C26H35N5O5S2. The summed E-state index contributed by atoms with van der Waals surface area (Å²) in [5, 5.41) is 28.3. The maximum absolute atomic E-state index is 13.3. The molecular weight excluding hydrogens is 526 g/mol. The molecule has 10 nitrogen and oxygen atoms in total. The standard InChI is InChI=1S/C26H35N5O5S2/c1-6-7-10-31-25(32)22(14-27)17(3)23(26(31)33)30-29-19-12-16(2)24(21(13-19)18(4)37-5)38(34,35)28-15-20-9-8-11-36-20/h12-13,18,20,28,32H,6-11,15H2,1-5H3. The van der Waals surface area contributed by atoms with Gasteiger partial charge in [0.15, 0.2) is 5.69 Å². The highest BCUT2D eigenvalue weighted by Crippen LogP contribution is 2.37. The van der Waals surface area contributed by atoms with Crippen LogP contribution in [0, 0.1) is 25.2 Å². The van der Waals surface area contributed by atoms with Crippen LogP contribution in [0.25, 0.3) is 0 Å². The van der Waals surface area contributed by atoms with E-state index in [-0.39, 0.29) is 52.0 Å². The van der Waals surface area contributed by atoms with Crippen LogP contribution in [0.4, 0.5) is 11.4 Å². The number of unbranched alkanes of at least 4 members (excludes halogenated alkanes) is 1. The molecule has 1 aromatic heterocycles. The van der Waals surface area contributed by atoms with Crippen LogP contribution in [0.1, 0.15) is 67.0 Å². The average molecular weight is 562 g/mol. The van der Waals surface area contributed by atoms with E-state index in [0.29, 0.717) is 29.8 Å². The number of sulfonamides is 1. The molecule has 1 aliphatic rings. The van der Waals surface area contributed by atoms with Crippen molar-refractivity contribution in [1.29, 1.82) is 5.26 Å². The highest BCUT2D eigenvalue weighted by Gasteiger charge is 2.27. The number of rotatable bonds is 11. The number of ether oxygens (including phenoxy) is 1. The van der Waals surface area contributed by atoms with Gasteiger partial charge in [-0.2, -0.15) is 22.1 Å². The Hall–Kier alpha value is -2.72. The molecule has 1 aliphatic heterocycles. The molecule has 2 aromatic rings. The Balaban J connectivity index is 2.05. The topological polar surface area (TPSA) is 146 Å². The second kappa shape index (κ2) is 12.9. The Labute approximate surface area is 228 Å². The van der Waals surface area contributed by atoms with Gasteiger partial charge in [-0.05, 0) is 69.5 Å². The number of hydrogen-bond donors (Lipinski definition) is 2. The van der Waals surface area contributed by atoms with Crippen molar-refractivity contribution in [3.63, 3.8) is 0 Å². The number of thioether (sulfide) groups is 1. The van der Waals surface area contributed by atoms with Crippen molar-refractivity contribution in [3.8, 4) is 11.9 Å².